The molecule has 1 fully saturated rings. The van der Waals surface area contributed by atoms with E-state index < -0.39 is 0 Å². The number of hydrogen-bond acceptors (Lipinski definition) is 5. The van der Waals surface area contributed by atoms with E-state index in [1.54, 1.807) is 4.90 Å². The highest BCUT2D eigenvalue weighted by atomic mass is 32.1. The van der Waals surface area contributed by atoms with Crippen molar-refractivity contribution in [3.8, 4) is 10.6 Å². The van der Waals surface area contributed by atoms with Gasteiger partial charge in [-0.25, -0.2) is 4.98 Å². The summed E-state index contributed by atoms with van der Waals surface area (Å²) in [5.74, 6) is 0.0169. The summed E-state index contributed by atoms with van der Waals surface area (Å²) in [6.45, 7) is 7.86. The van der Waals surface area contributed by atoms with E-state index in [2.05, 4.69) is 59.3 Å². The zero-order chi connectivity index (χ0) is 21.8. The van der Waals surface area contributed by atoms with Crippen molar-refractivity contribution in [2.45, 2.75) is 26.8 Å². The normalized spacial score (nSPS) is 14.0. The van der Waals surface area contributed by atoms with Crippen molar-refractivity contribution in [2.24, 2.45) is 0 Å². The first-order valence-corrected chi connectivity index (χ1v) is 11.6. The number of aryl methyl sites for hydroxylation is 2. The van der Waals surface area contributed by atoms with E-state index in [4.69, 9.17) is 4.74 Å². The van der Waals surface area contributed by atoms with E-state index in [0.29, 0.717) is 11.4 Å². The third kappa shape index (κ3) is 4.81. The second-order valence-electron chi connectivity index (χ2n) is 7.87. The van der Waals surface area contributed by atoms with Crippen molar-refractivity contribution in [3.63, 3.8) is 0 Å². The van der Waals surface area contributed by atoms with Gasteiger partial charge in [-0.3, -0.25) is 4.79 Å². The molecule has 2 aromatic carbocycles. The third-order valence-electron chi connectivity index (χ3n) is 5.70. The number of morpholine rings is 1. The molecule has 0 aliphatic carbocycles. The van der Waals surface area contributed by atoms with Gasteiger partial charge in [-0.15, -0.1) is 11.3 Å². The summed E-state index contributed by atoms with van der Waals surface area (Å²) in [5.41, 5.74) is 5.48. The summed E-state index contributed by atoms with van der Waals surface area (Å²) >= 11 is 1.48. The van der Waals surface area contributed by atoms with Crippen LogP contribution in [0, 0.1) is 6.92 Å². The van der Waals surface area contributed by atoms with Gasteiger partial charge in [0.05, 0.1) is 18.9 Å². The standard InChI is InChI=1S/C25H29N3O2S/c1-4-19-9-11-20(12-10-19)24-26-18(2)23(31-24)25(29)27(3)17-21-7-5-6-8-22(21)28-13-15-30-16-14-28/h5-12H,4,13-17H2,1-3H3. The van der Waals surface area contributed by atoms with Crippen LogP contribution in [0.25, 0.3) is 10.6 Å². The van der Waals surface area contributed by atoms with Crippen molar-refractivity contribution in [3.05, 3.63) is 70.2 Å². The predicted molar refractivity (Wildman–Crippen MR) is 127 cm³/mol. The van der Waals surface area contributed by atoms with E-state index in [-0.39, 0.29) is 5.91 Å². The molecule has 31 heavy (non-hydrogen) atoms. The fourth-order valence-corrected chi connectivity index (χ4v) is 4.93. The monoisotopic (exact) mass is 435 g/mol. The minimum Gasteiger partial charge on any atom is -0.378 e. The highest BCUT2D eigenvalue weighted by Gasteiger charge is 2.22. The van der Waals surface area contributed by atoms with Gasteiger partial charge in [0.2, 0.25) is 0 Å². The smallest absolute Gasteiger partial charge is 0.265 e. The number of carbonyl (C=O) groups is 1. The number of thiazole rings is 1. The lowest BCUT2D eigenvalue weighted by molar-refractivity contribution is 0.0788. The molecule has 4 rings (SSSR count). The Balaban J connectivity index is 1.52. The quantitative estimate of drug-likeness (QED) is 0.559. The number of anilines is 1. The molecule has 162 valence electrons. The SMILES string of the molecule is CCc1ccc(-c2nc(C)c(C(=O)N(C)Cc3ccccc3N3CCOCC3)s2)cc1. The molecule has 1 amide bonds. The molecule has 2 heterocycles. The lowest BCUT2D eigenvalue weighted by Gasteiger charge is -2.31. The topological polar surface area (TPSA) is 45.7 Å². The summed E-state index contributed by atoms with van der Waals surface area (Å²) in [5, 5.41) is 0.894. The summed E-state index contributed by atoms with van der Waals surface area (Å²) in [6, 6.07) is 16.8. The fraction of sp³-hybridized carbons (Fsp3) is 0.360. The number of amides is 1. The summed E-state index contributed by atoms with van der Waals surface area (Å²) in [6.07, 6.45) is 1.01. The van der Waals surface area contributed by atoms with Crippen LogP contribution in [0.15, 0.2) is 48.5 Å². The molecular weight excluding hydrogens is 406 g/mol. The van der Waals surface area contributed by atoms with Crippen LogP contribution in [0.2, 0.25) is 0 Å². The first-order chi connectivity index (χ1) is 15.1. The predicted octanol–water partition coefficient (Wildman–Crippen LogP) is 4.79. The number of benzene rings is 2. The Morgan fingerprint density at radius 2 is 1.84 bits per heavy atom. The number of rotatable bonds is 6. The van der Waals surface area contributed by atoms with Gasteiger partial charge in [0.1, 0.15) is 9.88 Å². The van der Waals surface area contributed by atoms with Crippen LogP contribution in [0.5, 0.6) is 0 Å². The zero-order valence-electron chi connectivity index (χ0n) is 18.4. The van der Waals surface area contributed by atoms with Gasteiger partial charge >= 0.3 is 0 Å². The van der Waals surface area contributed by atoms with Gasteiger partial charge in [0.25, 0.3) is 5.91 Å². The Bertz CT molecular complexity index is 1040. The molecule has 1 aliphatic heterocycles. The minimum absolute atomic E-state index is 0.0169. The molecule has 0 radical (unpaired) electrons. The van der Waals surface area contributed by atoms with Crippen LogP contribution in [0.4, 0.5) is 5.69 Å². The van der Waals surface area contributed by atoms with Crippen molar-refractivity contribution >= 4 is 22.9 Å². The summed E-state index contributed by atoms with van der Waals surface area (Å²) in [7, 11) is 1.87. The molecule has 0 spiro atoms. The Hall–Kier alpha value is -2.70. The Labute approximate surface area is 188 Å². The Kier molecular flexibility index (Phi) is 6.68. The molecule has 0 unspecified atom stereocenters. The molecule has 6 heteroatoms. The second-order valence-corrected chi connectivity index (χ2v) is 8.87. The molecule has 3 aromatic rings. The Morgan fingerprint density at radius 3 is 2.55 bits per heavy atom. The number of aromatic nitrogens is 1. The summed E-state index contributed by atoms with van der Waals surface area (Å²) in [4.78, 5) is 22.8. The van der Waals surface area contributed by atoms with Gasteiger partial charge in [0, 0.05) is 37.9 Å². The number of nitrogens with zero attached hydrogens (tertiary/aromatic N) is 3. The number of ether oxygens (including phenoxy) is 1. The maximum atomic E-state index is 13.3. The minimum atomic E-state index is 0.0169. The molecule has 1 saturated heterocycles. The molecule has 1 aliphatic rings. The third-order valence-corrected chi connectivity index (χ3v) is 6.89. The molecule has 0 saturated carbocycles. The van der Waals surface area contributed by atoms with Gasteiger partial charge in [-0.05, 0) is 30.5 Å². The average Bonchev–Trinajstić information content (AvgIpc) is 3.21. The van der Waals surface area contributed by atoms with E-state index in [9.17, 15) is 4.79 Å². The van der Waals surface area contributed by atoms with Crippen LogP contribution >= 0.6 is 11.3 Å². The molecule has 0 bridgehead atoms. The van der Waals surface area contributed by atoms with E-state index >= 15 is 0 Å². The lowest BCUT2D eigenvalue weighted by Crippen LogP contribution is -2.37. The van der Waals surface area contributed by atoms with Crippen LogP contribution in [0.1, 0.15) is 33.4 Å². The summed E-state index contributed by atoms with van der Waals surface area (Å²) < 4.78 is 5.49. The van der Waals surface area contributed by atoms with Crippen molar-refractivity contribution in [1.82, 2.24) is 9.88 Å². The average molecular weight is 436 g/mol. The number of carbonyl (C=O) groups excluding carboxylic acids is 1. The van der Waals surface area contributed by atoms with Gasteiger partial charge in [-0.1, -0.05) is 49.4 Å². The van der Waals surface area contributed by atoms with Crippen molar-refractivity contribution in [2.75, 3.05) is 38.3 Å². The second kappa shape index (κ2) is 9.62. The van der Waals surface area contributed by atoms with Crippen LogP contribution in [-0.2, 0) is 17.7 Å². The van der Waals surface area contributed by atoms with Crippen LogP contribution < -0.4 is 4.90 Å². The molecular formula is C25H29N3O2S. The number of para-hydroxylation sites is 1. The highest BCUT2D eigenvalue weighted by molar-refractivity contribution is 7.17. The maximum absolute atomic E-state index is 13.3. The molecule has 0 atom stereocenters. The highest BCUT2D eigenvalue weighted by Crippen LogP contribution is 2.30. The van der Waals surface area contributed by atoms with E-state index in [1.165, 1.54) is 22.6 Å². The number of hydrogen-bond donors (Lipinski definition) is 0. The Morgan fingerprint density at radius 1 is 1.13 bits per heavy atom. The van der Waals surface area contributed by atoms with Crippen molar-refractivity contribution in [1.29, 1.82) is 0 Å². The van der Waals surface area contributed by atoms with Gasteiger partial charge < -0.3 is 14.5 Å². The van der Waals surface area contributed by atoms with E-state index in [1.807, 2.05) is 20.0 Å². The molecule has 0 N–H and O–H groups in total. The first kappa shape index (κ1) is 21.5. The van der Waals surface area contributed by atoms with Crippen LogP contribution in [-0.4, -0.2) is 49.1 Å². The fourth-order valence-electron chi connectivity index (χ4n) is 3.86. The zero-order valence-corrected chi connectivity index (χ0v) is 19.2. The van der Waals surface area contributed by atoms with Gasteiger partial charge in [-0.2, -0.15) is 0 Å². The first-order valence-electron chi connectivity index (χ1n) is 10.8. The largest absolute Gasteiger partial charge is 0.378 e. The van der Waals surface area contributed by atoms with E-state index in [0.717, 1.165) is 54.6 Å². The lowest BCUT2D eigenvalue weighted by atomic mass is 10.1. The maximum Gasteiger partial charge on any atom is 0.265 e. The van der Waals surface area contributed by atoms with Gasteiger partial charge in [0.15, 0.2) is 0 Å². The van der Waals surface area contributed by atoms with Crippen LogP contribution in [0.3, 0.4) is 0 Å². The van der Waals surface area contributed by atoms with Crippen molar-refractivity contribution < 1.29 is 9.53 Å². The molecule has 1 aromatic heterocycles. The molecule has 5 nitrogen and oxygen atoms in total.